The first-order chi connectivity index (χ1) is 14.3. The van der Waals surface area contributed by atoms with Crippen molar-refractivity contribution in [2.24, 2.45) is 0 Å². The molecule has 2 aliphatic rings. The summed E-state index contributed by atoms with van der Waals surface area (Å²) in [6.07, 6.45) is 3.32. The molecule has 2 atom stereocenters. The number of H-pyrrole nitrogens is 1. The third kappa shape index (κ3) is 4.65. The van der Waals surface area contributed by atoms with Crippen molar-refractivity contribution in [3.63, 3.8) is 0 Å². The molecule has 0 saturated carbocycles. The summed E-state index contributed by atoms with van der Waals surface area (Å²) in [7, 11) is -3.17. The SMILES string of the molecule is Cc1ccc(-c2n[nH]c(=S)n2CC(=O)NC2CS(=O)(=O)CC2N2CCCCC2)cc1. The Morgan fingerprint density at radius 1 is 1.20 bits per heavy atom. The molecule has 2 N–H and O–H groups in total. The van der Waals surface area contributed by atoms with E-state index in [1.54, 1.807) is 4.57 Å². The number of benzene rings is 1. The van der Waals surface area contributed by atoms with Crippen molar-refractivity contribution in [3.05, 3.63) is 34.6 Å². The molecule has 10 heteroatoms. The molecule has 30 heavy (non-hydrogen) atoms. The fraction of sp³-hybridized carbons (Fsp3) is 0.550. The van der Waals surface area contributed by atoms with Crippen LogP contribution in [0.4, 0.5) is 0 Å². The quantitative estimate of drug-likeness (QED) is 0.674. The molecule has 2 aliphatic heterocycles. The van der Waals surface area contributed by atoms with Gasteiger partial charge in [0, 0.05) is 11.6 Å². The second-order valence-corrected chi connectivity index (χ2v) is 10.8. The molecule has 3 heterocycles. The van der Waals surface area contributed by atoms with Crippen LogP contribution in [0.25, 0.3) is 11.4 Å². The Bertz CT molecular complexity index is 1070. The van der Waals surface area contributed by atoms with Gasteiger partial charge < -0.3 is 5.32 Å². The van der Waals surface area contributed by atoms with Crippen molar-refractivity contribution in [2.45, 2.75) is 44.8 Å². The van der Waals surface area contributed by atoms with Crippen LogP contribution in [0.5, 0.6) is 0 Å². The number of nitrogens with one attached hydrogen (secondary N) is 2. The van der Waals surface area contributed by atoms with Gasteiger partial charge in [0.25, 0.3) is 0 Å². The molecular formula is C20H27N5O3S2. The van der Waals surface area contributed by atoms with Crippen molar-refractivity contribution in [1.29, 1.82) is 0 Å². The summed E-state index contributed by atoms with van der Waals surface area (Å²) in [6, 6.07) is 7.27. The van der Waals surface area contributed by atoms with Gasteiger partial charge in [-0.2, -0.15) is 5.10 Å². The van der Waals surface area contributed by atoms with E-state index in [-0.39, 0.29) is 30.0 Å². The number of rotatable bonds is 5. The summed E-state index contributed by atoms with van der Waals surface area (Å²) in [6.45, 7) is 3.76. The van der Waals surface area contributed by atoms with Crippen LogP contribution in [0.1, 0.15) is 24.8 Å². The molecule has 162 valence electrons. The maximum atomic E-state index is 12.9. The predicted octanol–water partition coefficient (Wildman–Crippen LogP) is 1.68. The number of sulfone groups is 1. The van der Waals surface area contributed by atoms with Crippen LogP contribution in [-0.4, -0.2) is 70.7 Å². The van der Waals surface area contributed by atoms with Gasteiger partial charge in [-0.1, -0.05) is 36.2 Å². The summed E-state index contributed by atoms with van der Waals surface area (Å²) < 4.78 is 26.6. The number of amides is 1. The highest BCUT2D eigenvalue weighted by Gasteiger charge is 2.41. The number of hydrogen-bond acceptors (Lipinski definition) is 6. The van der Waals surface area contributed by atoms with E-state index in [0.29, 0.717) is 10.6 Å². The summed E-state index contributed by atoms with van der Waals surface area (Å²) in [4.78, 5) is 15.1. The fourth-order valence-electron chi connectivity index (χ4n) is 4.36. The van der Waals surface area contributed by atoms with Crippen LogP contribution in [0, 0.1) is 11.7 Å². The summed E-state index contributed by atoms with van der Waals surface area (Å²) in [5.41, 5.74) is 1.98. The van der Waals surface area contributed by atoms with Crippen molar-refractivity contribution in [1.82, 2.24) is 25.0 Å². The van der Waals surface area contributed by atoms with Gasteiger partial charge in [0.05, 0.1) is 17.5 Å². The topological polar surface area (TPSA) is 100 Å². The Hall–Kier alpha value is -2.04. The van der Waals surface area contributed by atoms with E-state index in [2.05, 4.69) is 20.4 Å². The number of aromatic nitrogens is 3. The standard InChI is InChI=1S/C20H27N5O3S2/c1-14-5-7-15(8-6-14)19-22-23-20(29)25(19)11-18(26)21-16-12-30(27,28)13-17(16)24-9-3-2-4-10-24/h5-8,16-17H,2-4,9-13H2,1H3,(H,21,26)(H,23,29). The van der Waals surface area contributed by atoms with E-state index in [4.69, 9.17) is 12.2 Å². The van der Waals surface area contributed by atoms with Crippen LogP contribution in [0.2, 0.25) is 0 Å². The molecule has 1 amide bonds. The zero-order valence-electron chi connectivity index (χ0n) is 17.0. The van der Waals surface area contributed by atoms with Gasteiger partial charge in [0.1, 0.15) is 6.54 Å². The second kappa shape index (κ2) is 8.60. The number of nitrogens with zero attached hydrogens (tertiary/aromatic N) is 3. The molecule has 2 unspecified atom stereocenters. The molecule has 0 bridgehead atoms. The van der Waals surface area contributed by atoms with Crippen molar-refractivity contribution in [3.8, 4) is 11.4 Å². The van der Waals surface area contributed by atoms with Crippen LogP contribution < -0.4 is 5.32 Å². The summed E-state index contributed by atoms with van der Waals surface area (Å²) in [5.74, 6) is 0.422. The number of piperidine rings is 1. The van der Waals surface area contributed by atoms with Crippen molar-refractivity contribution in [2.75, 3.05) is 24.6 Å². The maximum absolute atomic E-state index is 12.9. The first-order valence-electron chi connectivity index (χ1n) is 10.3. The molecule has 8 nitrogen and oxygen atoms in total. The molecule has 0 radical (unpaired) electrons. The summed E-state index contributed by atoms with van der Waals surface area (Å²) >= 11 is 5.32. The Morgan fingerprint density at radius 3 is 2.60 bits per heavy atom. The minimum atomic E-state index is -3.17. The Balaban J connectivity index is 1.50. The first kappa shape index (κ1) is 21.2. The van der Waals surface area contributed by atoms with E-state index in [9.17, 15) is 13.2 Å². The van der Waals surface area contributed by atoms with Gasteiger partial charge in [0.2, 0.25) is 5.91 Å². The maximum Gasteiger partial charge on any atom is 0.240 e. The molecule has 2 saturated heterocycles. The van der Waals surface area contributed by atoms with Crippen molar-refractivity contribution >= 4 is 28.0 Å². The van der Waals surface area contributed by atoms with E-state index >= 15 is 0 Å². The molecular weight excluding hydrogens is 422 g/mol. The summed E-state index contributed by atoms with van der Waals surface area (Å²) in [5, 5.41) is 9.99. The Kier molecular flexibility index (Phi) is 6.08. The monoisotopic (exact) mass is 449 g/mol. The number of carbonyl (C=O) groups excluding carboxylic acids is 1. The predicted molar refractivity (Wildman–Crippen MR) is 117 cm³/mol. The molecule has 1 aromatic carbocycles. The number of hydrogen-bond donors (Lipinski definition) is 2. The highest BCUT2D eigenvalue weighted by atomic mass is 32.2. The van der Waals surface area contributed by atoms with E-state index in [1.165, 1.54) is 6.42 Å². The van der Waals surface area contributed by atoms with Crippen molar-refractivity contribution < 1.29 is 13.2 Å². The van der Waals surface area contributed by atoms with Crippen LogP contribution >= 0.6 is 12.2 Å². The lowest BCUT2D eigenvalue weighted by Crippen LogP contribution is -2.53. The zero-order chi connectivity index (χ0) is 21.3. The smallest absolute Gasteiger partial charge is 0.240 e. The lowest BCUT2D eigenvalue weighted by Gasteiger charge is -2.35. The Labute approximate surface area is 181 Å². The van der Waals surface area contributed by atoms with Crippen LogP contribution in [-0.2, 0) is 21.2 Å². The van der Waals surface area contributed by atoms with E-state index in [0.717, 1.165) is 37.1 Å². The third-order valence-corrected chi connectivity index (χ3v) is 7.93. The second-order valence-electron chi connectivity index (χ2n) is 8.22. The lowest BCUT2D eigenvalue weighted by atomic mass is 10.0. The highest BCUT2D eigenvalue weighted by molar-refractivity contribution is 7.91. The normalized spacial score (nSPS) is 24.0. The minimum Gasteiger partial charge on any atom is -0.349 e. The van der Waals surface area contributed by atoms with Gasteiger partial charge in [-0.05, 0) is 45.1 Å². The van der Waals surface area contributed by atoms with Gasteiger partial charge in [-0.25, -0.2) is 8.42 Å². The van der Waals surface area contributed by atoms with Gasteiger partial charge >= 0.3 is 0 Å². The molecule has 4 rings (SSSR count). The third-order valence-electron chi connectivity index (χ3n) is 5.90. The molecule has 2 aromatic rings. The van der Waals surface area contributed by atoms with E-state index in [1.807, 2.05) is 31.2 Å². The number of likely N-dealkylation sites (tertiary alicyclic amines) is 1. The number of carbonyl (C=O) groups is 1. The van der Waals surface area contributed by atoms with Crippen LogP contribution in [0.15, 0.2) is 24.3 Å². The molecule has 1 aromatic heterocycles. The fourth-order valence-corrected chi connectivity index (χ4v) is 6.51. The average Bonchev–Trinajstić information content (AvgIpc) is 3.22. The highest BCUT2D eigenvalue weighted by Crippen LogP contribution is 2.23. The minimum absolute atomic E-state index is 0.0121. The van der Waals surface area contributed by atoms with Crippen LogP contribution in [0.3, 0.4) is 0 Å². The van der Waals surface area contributed by atoms with Gasteiger partial charge in [0.15, 0.2) is 20.4 Å². The lowest BCUT2D eigenvalue weighted by molar-refractivity contribution is -0.122. The Morgan fingerprint density at radius 2 is 1.90 bits per heavy atom. The average molecular weight is 450 g/mol. The molecule has 0 aliphatic carbocycles. The number of aromatic amines is 1. The number of aryl methyl sites for hydroxylation is 1. The van der Waals surface area contributed by atoms with Gasteiger partial charge in [-0.15, -0.1) is 0 Å². The van der Waals surface area contributed by atoms with Gasteiger partial charge in [-0.3, -0.25) is 19.4 Å². The zero-order valence-corrected chi connectivity index (χ0v) is 18.6. The molecule has 2 fully saturated rings. The molecule has 0 spiro atoms. The largest absolute Gasteiger partial charge is 0.349 e. The first-order valence-corrected chi connectivity index (χ1v) is 12.5. The van der Waals surface area contributed by atoms with E-state index < -0.39 is 15.9 Å².